The summed E-state index contributed by atoms with van der Waals surface area (Å²) in [5.74, 6) is -2.30. The van der Waals surface area contributed by atoms with Gasteiger partial charge in [0.25, 0.3) is 0 Å². The van der Waals surface area contributed by atoms with Crippen LogP contribution in [0.4, 0.5) is 0 Å². The van der Waals surface area contributed by atoms with Crippen molar-refractivity contribution < 1.29 is 24.9 Å². The smallest absolute Gasteiger partial charge is 0.317 e. The Balaban J connectivity index is 3.06. The third-order valence-electron chi connectivity index (χ3n) is 2.82. The van der Waals surface area contributed by atoms with E-state index >= 15 is 0 Å². The first-order valence-electron chi connectivity index (χ1n) is 5.98. The molecule has 0 fully saturated rings. The predicted octanol–water partition coefficient (Wildman–Crippen LogP) is 0.834. The van der Waals surface area contributed by atoms with E-state index in [4.69, 9.17) is 10.2 Å². The fourth-order valence-corrected chi connectivity index (χ4v) is 1.95. The lowest BCUT2D eigenvalue weighted by Crippen LogP contribution is -2.39. The number of aliphatic hydroxyl groups excluding tert-OH is 1. The van der Waals surface area contributed by atoms with Crippen molar-refractivity contribution in [2.75, 3.05) is 19.7 Å². The average molecular weight is 279 g/mol. The van der Waals surface area contributed by atoms with Gasteiger partial charge in [-0.1, -0.05) is 36.9 Å². The molecule has 0 aliphatic rings. The quantitative estimate of drug-likeness (QED) is 0.652. The number of aliphatic carboxylic acids is 2. The summed E-state index contributed by atoms with van der Waals surface area (Å²) in [5, 5.41) is 27.2. The SMILES string of the molecule is C=Cc1cccc(C(CO)N(CC(=O)O)CC(=O)O)c1. The Kier molecular flexibility index (Phi) is 5.89. The molecule has 108 valence electrons. The number of benzene rings is 1. The molecule has 0 bridgehead atoms. The second-order valence-corrected chi connectivity index (χ2v) is 4.27. The topological polar surface area (TPSA) is 98.1 Å². The molecule has 1 atom stereocenters. The lowest BCUT2D eigenvalue weighted by molar-refractivity contribution is -0.143. The van der Waals surface area contributed by atoms with Crippen LogP contribution in [0, 0.1) is 0 Å². The van der Waals surface area contributed by atoms with Crippen molar-refractivity contribution in [1.29, 1.82) is 0 Å². The van der Waals surface area contributed by atoms with Crippen LogP contribution in [-0.2, 0) is 9.59 Å². The summed E-state index contributed by atoms with van der Waals surface area (Å²) < 4.78 is 0. The molecule has 1 aromatic carbocycles. The summed E-state index contributed by atoms with van der Waals surface area (Å²) in [7, 11) is 0. The van der Waals surface area contributed by atoms with Crippen LogP contribution < -0.4 is 0 Å². The Morgan fingerprint density at radius 1 is 1.25 bits per heavy atom. The first-order chi connectivity index (χ1) is 9.47. The molecule has 0 aliphatic carbocycles. The maximum absolute atomic E-state index is 10.8. The third kappa shape index (κ3) is 4.49. The summed E-state index contributed by atoms with van der Waals surface area (Å²) in [4.78, 5) is 22.9. The largest absolute Gasteiger partial charge is 0.480 e. The van der Waals surface area contributed by atoms with Crippen LogP contribution in [0.25, 0.3) is 6.08 Å². The summed E-state index contributed by atoms with van der Waals surface area (Å²) >= 11 is 0. The molecule has 0 spiro atoms. The molecule has 1 unspecified atom stereocenters. The van der Waals surface area contributed by atoms with Crippen molar-refractivity contribution >= 4 is 18.0 Å². The Morgan fingerprint density at radius 3 is 2.30 bits per heavy atom. The van der Waals surface area contributed by atoms with Gasteiger partial charge in [-0.3, -0.25) is 14.5 Å². The van der Waals surface area contributed by atoms with Gasteiger partial charge in [0.15, 0.2) is 0 Å². The molecule has 6 nitrogen and oxygen atoms in total. The van der Waals surface area contributed by atoms with Crippen molar-refractivity contribution in [3.63, 3.8) is 0 Å². The van der Waals surface area contributed by atoms with Crippen LogP contribution in [0.15, 0.2) is 30.8 Å². The predicted molar refractivity (Wildman–Crippen MR) is 73.2 cm³/mol. The zero-order chi connectivity index (χ0) is 15.1. The highest BCUT2D eigenvalue weighted by atomic mass is 16.4. The minimum Gasteiger partial charge on any atom is -0.480 e. The van der Waals surface area contributed by atoms with E-state index in [9.17, 15) is 14.7 Å². The first kappa shape index (κ1) is 15.9. The van der Waals surface area contributed by atoms with Gasteiger partial charge >= 0.3 is 11.9 Å². The number of aliphatic hydroxyl groups is 1. The molecule has 0 aliphatic heterocycles. The van der Waals surface area contributed by atoms with Crippen LogP contribution in [0.1, 0.15) is 17.2 Å². The molecule has 20 heavy (non-hydrogen) atoms. The van der Waals surface area contributed by atoms with Crippen molar-refractivity contribution in [3.8, 4) is 0 Å². The van der Waals surface area contributed by atoms with E-state index in [1.807, 2.05) is 6.07 Å². The number of carboxylic acids is 2. The molecule has 0 saturated heterocycles. The molecular formula is C14H17NO5. The minimum absolute atomic E-state index is 0.374. The number of carbonyl (C=O) groups is 2. The fourth-order valence-electron chi connectivity index (χ4n) is 1.95. The van der Waals surface area contributed by atoms with Gasteiger partial charge in [-0.15, -0.1) is 0 Å². The molecule has 1 rings (SSSR count). The van der Waals surface area contributed by atoms with E-state index in [2.05, 4.69) is 6.58 Å². The van der Waals surface area contributed by atoms with Crippen LogP contribution >= 0.6 is 0 Å². The Bertz CT molecular complexity index is 484. The zero-order valence-corrected chi connectivity index (χ0v) is 10.9. The van der Waals surface area contributed by atoms with Gasteiger partial charge in [0.1, 0.15) is 0 Å². The molecule has 0 saturated carbocycles. The standard InChI is InChI=1S/C14H17NO5/c1-2-10-4-3-5-11(6-10)12(9-16)15(7-13(17)18)8-14(19)20/h2-6,12,16H,1,7-9H2,(H,17,18)(H,19,20). The summed E-state index contributed by atoms with van der Waals surface area (Å²) in [5.41, 5.74) is 1.46. The Hall–Kier alpha value is -2.18. The Morgan fingerprint density at radius 2 is 1.85 bits per heavy atom. The van der Waals surface area contributed by atoms with Gasteiger partial charge in [0.05, 0.1) is 25.7 Å². The average Bonchev–Trinajstić information content (AvgIpc) is 2.38. The second-order valence-electron chi connectivity index (χ2n) is 4.27. The van der Waals surface area contributed by atoms with Gasteiger partial charge in [-0.05, 0) is 11.1 Å². The van der Waals surface area contributed by atoms with E-state index in [1.54, 1.807) is 24.3 Å². The molecule has 3 N–H and O–H groups in total. The summed E-state index contributed by atoms with van der Waals surface area (Å²) in [6, 6.07) is 6.32. The monoisotopic (exact) mass is 279 g/mol. The van der Waals surface area contributed by atoms with E-state index < -0.39 is 31.1 Å². The third-order valence-corrected chi connectivity index (χ3v) is 2.82. The summed E-state index contributed by atoms with van der Waals surface area (Å²) in [6.45, 7) is 2.34. The molecule has 6 heteroatoms. The zero-order valence-electron chi connectivity index (χ0n) is 10.9. The molecule has 0 radical (unpaired) electrons. The van der Waals surface area contributed by atoms with Crippen LogP contribution in [0.2, 0.25) is 0 Å². The van der Waals surface area contributed by atoms with Crippen molar-refractivity contribution in [2.24, 2.45) is 0 Å². The molecule has 0 heterocycles. The maximum Gasteiger partial charge on any atom is 0.317 e. The van der Waals surface area contributed by atoms with Crippen LogP contribution in [0.5, 0.6) is 0 Å². The number of carboxylic acid groups (broad SMARTS) is 2. The molecular weight excluding hydrogens is 262 g/mol. The van der Waals surface area contributed by atoms with Gasteiger partial charge in [-0.25, -0.2) is 0 Å². The molecule has 0 amide bonds. The van der Waals surface area contributed by atoms with Gasteiger partial charge in [-0.2, -0.15) is 0 Å². The van der Waals surface area contributed by atoms with Crippen molar-refractivity contribution in [2.45, 2.75) is 6.04 Å². The molecule has 0 aromatic heterocycles. The van der Waals surface area contributed by atoms with Crippen LogP contribution in [-0.4, -0.2) is 51.9 Å². The number of rotatable bonds is 8. The number of hydrogen-bond acceptors (Lipinski definition) is 4. The fraction of sp³-hybridized carbons (Fsp3) is 0.286. The highest BCUT2D eigenvalue weighted by molar-refractivity contribution is 5.72. The minimum atomic E-state index is -1.15. The maximum atomic E-state index is 10.8. The number of hydrogen-bond donors (Lipinski definition) is 3. The second kappa shape index (κ2) is 7.42. The van der Waals surface area contributed by atoms with Gasteiger partial charge < -0.3 is 15.3 Å². The first-order valence-corrected chi connectivity index (χ1v) is 5.98. The Labute approximate surface area is 116 Å². The number of nitrogens with zero attached hydrogens (tertiary/aromatic N) is 1. The van der Waals surface area contributed by atoms with Crippen molar-refractivity contribution in [1.82, 2.24) is 4.90 Å². The highest BCUT2D eigenvalue weighted by Gasteiger charge is 2.24. The summed E-state index contributed by atoms with van der Waals surface area (Å²) in [6.07, 6.45) is 1.62. The van der Waals surface area contributed by atoms with E-state index in [0.29, 0.717) is 5.56 Å². The lowest BCUT2D eigenvalue weighted by Gasteiger charge is -2.28. The van der Waals surface area contributed by atoms with E-state index in [1.165, 1.54) is 4.90 Å². The highest BCUT2D eigenvalue weighted by Crippen LogP contribution is 2.21. The molecule has 1 aromatic rings. The van der Waals surface area contributed by atoms with E-state index in [-0.39, 0.29) is 6.61 Å². The van der Waals surface area contributed by atoms with Crippen molar-refractivity contribution in [3.05, 3.63) is 42.0 Å². The van der Waals surface area contributed by atoms with Gasteiger partial charge in [0, 0.05) is 0 Å². The lowest BCUT2D eigenvalue weighted by atomic mass is 10.0. The normalized spacial score (nSPS) is 12.1. The van der Waals surface area contributed by atoms with Crippen LogP contribution in [0.3, 0.4) is 0 Å². The van der Waals surface area contributed by atoms with Gasteiger partial charge in [0.2, 0.25) is 0 Å². The van der Waals surface area contributed by atoms with E-state index in [0.717, 1.165) is 5.56 Å².